The minimum Gasteiger partial charge on any atom is -0.484 e. The van der Waals surface area contributed by atoms with Crippen molar-refractivity contribution < 1.29 is 17.9 Å². The summed E-state index contributed by atoms with van der Waals surface area (Å²) in [7, 11) is -3.48. The predicted octanol–water partition coefficient (Wildman–Crippen LogP) is 2.26. The first kappa shape index (κ1) is 20.3. The number of piperidine rings is 1. The Morgan fingerprint density at radius 2 is 2.00 bits per heavy atom. The molecule has 0 atom stereocenters. The number of amides is 1. The number of hydrogen-bond donors (Lipinski definition) is 1. The van der Waals surface area contributed by atoms with Crippen LogP contribution in [0.1, 0.15) is 30.4 Å². The van der Waals surface area contributed by atoms with E-state index < -0.39 is 10.0 Å². The van der Waals surface area contributed by atoms with Gasteiger partial charge in [-0.15, -0.1) is 0 Å². The summed E-state index contributed by atoms with van der Waals surface area (Å²) in [5.74, 6) is 0.238. The van der Waals surface area contributed by atoms with Gasteiger partial charge in [0, 0.05) is 32.0 Å². The first-order chi connectivity index (χ1) is 13.5. The van der Waals surface area contributed by atoms with Gasteiger partial charge in [-0.2, -0.15) is 4.31 Å². The highest BCUT2D eigenvalue weighted by atomic mass is 32.2. The number of pyridine rings is 1. The molecule has 0 spiro atoms. The standard InChI is InChI=1S/C20H25N3O4S/c1-16-12-18(28(25,26)23-10-3-2-4-11-23)7-8-19(16)27-15-20(24)22-14-17-6-5-9-21-13-17/h5-9,12-13H,2-4,10-11,14-15H2,1H3,(H,22,24). The maximum absolute atomic E-state index is 12.8. The molecule has 1 aromatic heterocycles. The van der Waals surface area contributed by atoms with Gasteiger partial charge in [-0.05, 0) is 55.2 Å². The van der Waals surface area contributed by atoms with Crippen LogP contribution in [0.25, 0.3) is 0 Å². The minimum atomic E-state index is -3.48. The molecule has 1 saturated heterocycles. The molecule has 2 aromatic rings. The fraction of sp³-hybridized carbons (Fsp3) is 0.400. The van der Waals surface area contributed by atoms with Crippen molar-refractivity contribution in [1.82, 2.24) is 14.6 Å². The minimum absolute atomic E-state index is 0.140. The molecule has 0 bridgehead atoms. The molecule has 1 aliphatic heterocycles. The summed E-state index contributed by atoms with van der Waals surface area (Å²) in [4.78, 5) is 16.2. The quantitative estimate of drug-likeness (QED) is 0.766. The van der Waals surface area contributed by atoms with Gasteiger partial charge in [0.25, 0.3) is 5.91 Å². The van der Waals surface area contributed by atoms with Crippen LogP contribution >= 0.6 is 0 Å². The van der Waals surface area contributed by atoms with Crippen LogP contribution in [-0.4, -0.2) is 43.3 Å². The van der Waals surface area contributed by atoms with Crippen molar-refractivity contribution in [1.29, 1.82) is 0 Å². The average molecular weight is 404 g/mol. The molecule has 0 radical (unpaired) electrons. The molecule has 0 aliphatic carbocycles. The Kier molecular flexibility index (Phi) is 6.64. The summed E-state index contributed by atoms with van der Waals surface area (Å²) in [5, 5.41) is 2.76. The summed E-state index contributed by atoms with van der Waals surface area (Å²) in [5.41, 5.74) is 1.58. The monoisotopic (exact) mass is 403 g/mol. The number of nitrogens with zero attached hydrogens (tertiary/aromatic N) is 2. The molecule has 2 heterocycles. The van der Waals surface area contributed by atoms with Crippen LogP contribution in [0.4, 0.5) is 0 Å². The predicted molar refractivity (Wildman–Crippen MR) is 105 cm³/mol. The second-order valence-electron chi connectivity index (χ2n) is 6.82. The van der Waals surface area contributed by atoms with Gasteiger partial charge >= 0.3 is 0 Å². The van der Waals surface area contributed by atoms with Crippen LogP contribution < -0.4 is 10.1 Å². The average Bonchev–Trinajstić information content (AvgIpc) is 2.72. The third-order valence-corrected chi connectivity index (χ3v) is 6.57. The van der Waals surface area contributed by atoms with Crippen molar-refractivity contribution >= 4 is 15.9 Å². The number of sulfonamides is 1. The fourth-order valence-corrected chi connectivity index (χ4v) is 4.70. The lowest BCUT2D eigenvalue weighted by Gasteiger charge is -2.26. The Hall–Kier alpha value is -2.45. The molecule has 8 heteroatoms. The number of ether oxygens (including phenoxy) is 1. The van der Waals surface area contributed by atoms with Gasteiger partial charge in [-0.3, -0.25) is 9.78 Å². The van der Waals surface area contributed by atoms with E-state index in [9.17, 15) is 13.2 Å². The second-order valence-corrected chi connectivity index (χ2v) is 8.76. The highest BCUT2D eigenvalue weighted by molar-refractivity contribution is 7.89. The molecule has 1 aliphatic rings. The van der Waals surface area contributed by atoms with Crippen molar-refractivity contribution in [3.8, 4) is 5.75 Å². The van der Waals surface area contributed by atoms with E-state index in [4.69, 9.17) is 4.74 Å². The third kappa shape index (κ3) is 5.08. The first-order valence-corrected chi connectivity index (χ1v) is 10.8. The summed E-state index contributed by atoms with van der Waals surface area (Å²) < 4.78 is 32.6. The molecule has 3 rings (SSSR count). The molecule has 28 heavy (non-hydrogen) atoms. The summed E-state index contributed by atoms with van der Waals surface area (Å²) in [6.07, 6.45) is 6.22. The maximum atomic E-state index is 12.8. The van der Waals surface area contributed by atoms with Gasteiger partial charge in [0.2, 0.25) is 10.0 Å². The Bertz CT molecular complexity index is 910. The van der Waals surface area contributed by atoms with Crippen molar-refractivity contribution in [2.75, 3.05) is 19.7 Å². The molecule has 1 aromatic carbocycles. The van der Waals surface area contributed by atoms with E-state index in [2.05, 4.69) is 10.3 Å². The fourth-order valence-electron chi connectivity index (χ4n) is 3.10. The van der Waals surface area contributed by atoms with Gasteiger partial charge < -0.3 is 10.1 Å². The van der Waals surface area contributed by atoms with E-state index in [1.54, 1.807) is 43.6 Å². The van der Waals surface area contributed by atoms with E-state index in [0.29, 0.717) is 30.9 Å². The van der Waals surface area contributed by atoms with Crippen LogP contribution in [0.3, 0.4) is 0 Å². The molecule has 150 valence electrons. The number of nitrogens with one attached hydrogen (secondary N) is 1. The SMILES string of the molecule is Cc1cc(S(=O)(=O)N2CCCCC2)ccc1OCC(=O)NCc1cccnc1. The van der Waals surface area contributed by atoms with Crippen LogP contribution in [0, 0.1) is 6.92 Å². The number of rotatable bonds is 7. The summed E-state index contributed by atoms with van der Waals surface area (Å²) in [6, 6.07) is 8.44. The highest BCUT2D eigenvalue weighted by Gasteiger charge is 2.26. The highest BCUT2D eigenvalue weighted by Crippen LogP contribution is 2.25. The maximum Gasteiger partial charge on any atom is 0.258 e. The van der Waals surface area contributed by atoms with Gasteiger partial charge in [0.05, 0.1) is 4.90 Å². The molecule has 7 nitrogen and oxygen atoms in total. The Labute approximate surface area is 165 Å². The van der Waals surface area contributed by atoms with Gasteiger partial charge in [-0.25, -0.2) is 8.42 Å². The number of aryl methyl sites for hydroxylation is 1. The topological polar surface area (TPSA) is 88.6 Å². The largest absolute Gasteiger partial charge is 0.484 e. The van der Waals surface area contributed by atoms with E-state index in [0.717, 1.165) is 24.8 Å². The first-order valence-electron chi connectivity index (χ1n) is 9.36. The Morgan fingerprint density at radius 1 is 1.21 bits per heavy atom. The summed E-state index contributed by atoms with van der Waals surface area (Å²) in [6.45, 7) is 3.15. The van der Waals surface area contributed by atoms with Crippen molar-refractivity contribution in [3.63, 3.8) is 0 Å². The zero-order valence-corrected chi connectivity index (χ0v) is 16.7. The smallest absolute Gasteiger partial charge is 0.258 e. The van der Waals surface area contributed by atoms with E-state index in [-0.39, 0.29) is 17.4 Å². The lowest BCUT2D eigenvalue weighted by Crippen LogP contribution is -2.35. The number of benzene rings is 1. The van der Waals surface area contributed by atoms with Crippen LogP contribution in [0.2, 0.25) is 0 Å². The normalized spacial score (nSPS) is 15.2. The third-order valence-electron chi connectivity index (χ3n) is 4.67. The van der Waals surface area contributed by atoms with Crippen LogP contribution in [0.5, 0.6) is 5.75 Å². The molecular formula is C20H25N3O4S. The van der Waals surface area contributed by atoms with Crippen LogP contribution in [-0.2, 0) is 21.4 Å². The number of carbonyl (C=O) groups is 1. The van der Waals surface area contributed by atoms with E-state index >= 15 is 0 Å². The van der Waals surface area contributed by atoms with Crippen molar-refractivity contribution in [3.05, 3.63) is 53.9 Å². The molecular weight excluding hydrogens is 378 g/mol. The lowest BCUT2D eigenvalue weighted by molar-refractivity contribution is -0.123. The number of aromatic nitrogens is 1. The Balaban J connectivity index is 1.57. The van der Waals surface area contributed by atoms with Gasteiger partial charge in [0.15, 0.2) is 6.61 Å². The molecule has 1 fully saturated rings. The second kappa shape index (κ2) is 9.16. The molecule has 0 saturated carbocycles. The zero-order valence-electron chi connectivity index (χ0n) is 15.9. The van der Waals surface area contributed by atoms with Crippen LogP contribution in [0.15, 0.2) is 47.6 Å². The molecule has 0 unspecified atom stereocenters. The zero-order chi connectivity index (χ0) is 20.0. The number of carbonyl (C=O) groups excluding carboxylic acids is 1. The van der Waals surface area contributed by atoms with E-state index in [1.165, 1.54) is 4.31 Å². The lowest BCUT2D eigenvalue weighted by atomic mass is 10.2. The van der Waals surface area contributed by atoms with E-state index in [1.807, 2.05) is 6.07 Å². The van der Waals surface area contributed by atoms with Gasteiger partial charge in [-0.1, -0.05) is 12.5 Å². The Morgan fingerprint density at radius 3 is 2.68 bits per heavy atom. The van der Waals surface area contributed by atoms with Crippen molar-refractivity contribution in [2.45, 2.75) is 37.6 Å². The summed E-state index contributed by atoms with van der Waals surface area (Å²) >= 11 is 0. The van der Waals surface area contributed by atoms with Crippen molar-refractivity contribution in [2.24, 2.45) is 0 Å². The molecule has 1 amide bonds. The van der Waals surface area contributed by atoms with Gasteiger partial charge in [0.1, 0.15) is 5.75 Å². The number of hydrogen-bond acceptors (Lipinski definition) is 5. The molecule has 1 N–H and O–H groups in total.